The number of methoxy groups -OCH3 is 1. The summed E-state index contributed by atoms with van der Waals surface area (Å²) in [6.45, 7) is 6.82. The van der Waals surface area contributed by atoms with Crippen LogP contribution in [0.15, 0.2) is 46.8 Å². The van der Waals surface area contributed by atoms with Crippen LogP contribution in [0, 0.1) is 0 Å². The Hall–Kier alpha value is -2.54. The zero-order valence-electron chi connectivity index (χ0n) is 16.1. The number of hydrogen-bond acceptors (Lipinski definition) is 4. The van der Waals surface area contributed by atoms with Crippen molar-refractivity contribution in [2.24, 2.45) is 4.99 Å². The van der Waals surface area contributed by atoms with Gasteiger partial charge in [0.1, 0.15) is 5.75 Å². The van der Waals surface area contributed by atoms with Gasteiger partial charge in [0.05, 0.1) is 13.7 Å². The van der Waals surface area contributed by atoms with Crippen LogP contribution in [0.4, 0.5) is 0 Å². The van der Waals surface area contributed by atoms with E-state index in [-0.39, 0.29) is 5.91 Å². The fourth-order valence-corrected chi connectivity index (χ4v) is 3.21. The largest absolute Gasteiger partial charge is 0.497 e. The summed E-state index contributed by atoms with van der Waals surface area (Å²) in [5.74, 6) is 1.78. The Morgan fingerprint density at radius 3 is 2.52 bits per heavy atom. The topological polar surface area (TPSA) is 74.8 Å². The summed E-state index contributed by atoms with van der Waals surface area (Å²) in [5, 5.41) is 11.5. The number of hydrogen-bond donors (Lipinski definition) is 3. The molecule has 0 aliphatic rings. The first-order valence-electron chi connectivity index (χ1n) is 9.11. The molecule has 2 rings (SSSR count). The van der Waals surface area contributed by atoms with Gasteiger partial charge in [-0.25, -0.2) is 0 Å². The average Bonchev–Trinajstić information content (AvgIpc) is 3.24. The molecule has 1 aromatic heterocycles. The zero-order valence-corrected chi connectivity index (χ0v) is 16.9. The molecule has 1 aromatic carbocycles. The molecule has 1 amide bonds. The lowest BCUT2D eigenvalue weighted by Crippen LogP contribution is -2.41. The van der Waals surface area contributed by atoms with Crippen molar-refractivity contribution >= 4 is 23.2 Å². The van der Waals surface area contributed by atoms with Crippen molar-refractivity contribution < 1.29 is 9.53 Å². The van der Waals surface area contributed by atoms with Gasteiger partial charge in [0.15, 0.2) is 5.96 Å². The van der Waals surface area contributed by atoms with Gasteiger partial charge in [-0.1, -0.05) is 13.0 Å². The van der Waals surface area contributed by atoms with E-state index in [2.05, 4.69) is 45.4 Å². The first-order valence-corrected chi connectivity index (χ1v) is 9.99. The number of aliphatic imine (C=N–C) groups is 1. The van der Waals surface area contributed by atoms with Crippen molar-refractivity contribution in [1.82, 2.24) is 16.0 Å². The van der Waals surface area contributed by atoms with Crippen molar-refractivity contribution in [2.45, 2.75) is 19.8 Å². The highest BCUT2D eigenvalue weighted by Crippen LogP contribution is 2.20. The highest BCUT2D eigenvalue weighted by atomic mass is 32.1. The molecule has 0 aliphatic heterocycles. The predicted molar refractivity (Wildman–Crippen MR) is 112 cm³/mol. The Morgan fingerprint density at radius 2 is 1.89 bits per heavy atom. The van der Waals surface area contributed by atoms with Crippen LogP contribution >= 0.6 is 11.3 Å². The first-order chi connectivity index (χ1) is 13.1. The van der Waals surface area contributed by atoms with Crippen LogP contribution in [0.3, 0.4) is 0 Å². The highest BCUT2D eigenvalue weighted by Gasteiger charge is 2.07. The molecule has 0 aliphatic carbocycles. The Balaban J connectivity index is 1.76. The van der Waals surface area contributed by atoms with Crippen LogP contribution in [0.25, 0.3) is 0 Å². The molecule has 2 aromatic rings. The standard InChI is InChI=1S/C20H28N4O2S/c1-4-21-20(24-14-15(2)18-6-5-13-27-18)23-12-11-22-19(25)16-7-9-17(26-3)10-8-16/h5-10,13,15H,4,11-12,14H2,1-3H3,(H,22,25)(H2,21,23,24). The van der Waals surface area contributed by atoms with E-state index < -0.39 is 0 Å². The second-order valence-electron chi connectivity index (χ2n) is 6.05. The van der Waals surface area contributed by atoms with Crippen molar-refractivity contribution in [1.29, 1.82) is 0 Å². The number of benzene rings is 1. The van der Waals surface area contributed by atoms with E-state index in [0.717, 1.165) is 18.3 Å². The number of amides is 1. The summed E-state index contributed by atoms with van der Waals surface area (Å²) in [6.07, 6.45) is 0. The van der Waals surface area contributed by atoms with Gasteiger partial charge in [-0.3, -0.25) is 9.79 Å². The van der Waals surface area contributed by atoms with Gasteiger partial charge >= 0.3 is 0 Å². The van der Waals surface area contributed by atoms with Gasteiger partial charge in [0.2, 0.25) is 0 Å². The van der Waals surface area contributed by atoms with E-state index in [4.69, 9.17) is 4.74 Å². The molecule has 3 N–H and O–H groups in total. The molecule has 0 spiro atoms. The minimum Gasteiger partial charge on any atom is -0.497 e. The van der Waals surface area contributed by atoms with Crippen LogP contribution in [-0.2, 0) is 0 Å². The molecule has 0 saturated heterocycles. The third-order valence-corrected chi connectivity index (χ3v) is 5.06. The third kappa shape index (κ3) is 6.94. The van der Waals surface area contributed by atoms with Gasteiger partial charge in [-0.05, 0) is 42.6 Å². The number of rotatable bonds is 9. The Morgan fingerprint density at radius 1 is 1.15 bits per heavy atom. The Kier molecular flexibility index (Phi) is 8.64. The molecule has 1 heterocycles. The maximum absolute atomic E-state index is 12.1. The van der Waals surface area contributed by atoms with E-state index >= 15 is 0 Å². The van der Waals surface area contributed by atoms with Crippen LogP contribution < -0.4 is 20.7 Å². The van der Waals surface area contributed by atoms with Crippen LogP contribution in [0.5, 0.6) is 5.75 Å². The summed E-state index contributed by atoms with van der Waals surface area (Å²) >= 11 is 1.76. The second-order valence-corrected chi connectivity index (χ2v) is 7.03. The highest BCUT2D eigenvalue weighted by molar-refractivity contribution is 7.10. The first kappa shape index (κ1) is 20.8. The fourth-order valence-electron chi connectivity index (χ4n) is 2.43. The molecular formula is C20H28N4O2S. The molecule has 0 radical (unpaired) electrons. The molecule has 6 nitrogen and oxygen atoms in total. The lowest BCUT2D eigenvalue weighted by Gasteiger charge is -2.13. The maximum Gasteiger partial charge on any atom is 0.251 e. The molecule has 1 unspecified atom stereocenters. The van der Waals surface area contributed by atoms with E-state index in [1.54, 1.807) is 42.7 Å². The smallest absolute Gasteiger partial charge is 0.251 e. The van der Waals surface area contributed by atoms with E-state index in [1.165, 1.54) is 4.88 Å². The van der Waals surface area contributed by atoms with Gasteiger partial charge in [0, 0.05) is 36.0 Å². The Bertz CT molecular complexity index is 714. The molecule has 0 bridgehead atoms. The monoisotopic (exact) mass is 388 g/mol. The molecule has 1 atom stereocenters. The minimum atomic E-state index is -0.104. The molecule has 7 heteroatoms. The van der Waals surface area contributed by atoms with Crippen molar-refractivity contribution in [3.05, 3.63) is 52.2 Å². The van der Waals surface area contributed by atoms with Crippen molar-refractivity contribution in [3.63, 3.8) is 0 Å². The summed E-state index contributed by atoms with van der Waals surface area (Å²) in [4.78, 5) is 18.1. The average molecular weight is 389 g/mol. The molecule has 146 valence electrons. The number of nitrogens with one attached hydrogen (secondary N) is 3. The number of nitrogens with zero attached hydrogens (tertiary/aromatic N) is 1. The van der Waals surface area contributed by atoms with Crippen LogP contribution in [0.2, 0.25) is 0 Å². The third-order valence-electron chi connectivity index (χ3n) is 3.95. The molecular weight excluding hydrogens is 360 g/mol. The maximum atomic E-state index is 12.1. The number of guanidine groups is 1. The SMILES string of the molecule is CCNC(=NCC(C)c1cccs1)NCCNC(=O)c1ccc(OC)cc1. The van der Waals surface area contributed by atoms with Gasteiger partial charge in [-0.15, -0.1) is 11.3 Å². The zero-order chi connectivity index (χ0) is 19.5. The summed E-state index contributed by atoms with van der Waals surface area (Å²) in [6, 6.07) is 11.3. The Labute approximate surface area is 165 Å². The lowest BCUT2D eigenvalue weighted by molar-refractivity contribution is 0.0954. The van der Waals surface area contributed by atoms with Gasteiger partial charge in [-0.2, -0.15) is 0 Å². The van der Waals surface area contributed by atoms with Crippen molar-refractivity contribution in [2.75, 3.05) is 33.3 Å². The van der Waals surface area contributed by atoms with E-state index in [9.17, 15) is 4.79 Å². The second kappa shape index (κ2) is 11.2. The number of thiophene rings is 1. The predicted octanol–water partition coefficient (Wildman–Crippen LogP) is 2.85. The number of carbonyl (C=O) groups is 1. The minimum absolute atomic E-state index is 0.104. The molecule has 0 fully saturated rings. The number of ether oxygens (including phenoxy) is 1. The summed E-state index contributed by atoms with van der Waals surface area (Å²) < 4.78 is 5.10. The van der Waals surface area contributed by atoms with Crippen LogP contribution in [-0.4, -0.2) is 45.2 Å². The van der Waals surface area contributed by atoms with Crippen LogP contribution in [0.1, 0.15) is 35.0 Å². The molecule has 0 saturated carbocycles. The van der Waals surface area contributed by atoms with E-state index in [1.807, 2.05) is 6.92 Å². The fraction of sp³-hybridized carbons (Fsp3) is 0.400. The normalized spacial score (nSPS) is 12.3. The number of carbonyl (C=O) groups excluding carboxylic acids is 1. The van der Waals surface area contributed by atoms with Crippen molar-refractivity contribution in [3.8, 4) is 5.75 Å². The van der Waals surface area contributed by atoms with Gasteiger partial charge < -0.3 is 20.7 Å². The lowest BCUT2D eigenvalue weighted by atomic mass is 10.1. The van der Waals surface area contributed by atoms with E-state index in [0.29, 0.717) is 31.1 Å². The summed E-state index contributed by atoms with van der Waals surface area (Å²) in [7, 11) is 1.60. The molecule has 27 heavy (non-hydrogen) atoms. The van der Waals surface area contributed by atoms with Gasteiger partial charge in [0.25, 0.3) is 5.91 Å². The quantitative estimate of drug-likeness (QED) is 0.351. The summed E-state index contributed by atoms with van der Waals surface area (Å²) in [5.41, 5.74) is 0.612.